The van der Waals surface area contributed by atoms with Crippen molar-refractivity contribution in [2.24, 2.45) is 17.3 Å². The van der Waals surface area contributed by atoms with E-state index in [0.29, 0.717) is 10.2 Å². The highest BCUT2D eigenvalue weighted by atomic mass is 79.9. The van der Waals surface area contributed by atoms with Crippen LogP contribution in [0.15, 0.2) is 30.3 Å². The van der Waals surface area contributed by atoms with Crippen LogP contribution in [0.3, 0.4) is 0 Å². The highest BCUT2D eigenvalue weighted by Crippen LogP contribution is 2.65. The zero-order chi connectivity index (χ0) is 16.8. The number of alkyl halides is 1. The van der Waals surface area contributed by atoms with Crippen LogP contribution in [0.5, 0.6) is 0 Å². The molecular weight excluding hydrogens is 362 g/mol. The van der Waals surface area contributed by atoms with Crippen molar-refractivity contribution in [1.82, 2.24) is 5.32 Å². The molecular formula is C21H28BrNO. The molecule has 5 atom stereocenters. The number of nitrogens with one attached hydrogen (secondary N) is 1. The molecule has 2 unspecified atom stereocenters. The molecule has 3 heteroatoms. The fourth-order valence-electron chi connectivity index (χ4n) is 6.11. The lowest BCUT2D eigenvalue weighted by atomic mass is 9.48. The van der Waals surface area contributed by atoms with Crippen LogP contribution in [0.25, 0.3) is 0 Å². The number of hydrogen-bond acceptors (Lipinski definition) is 1. The van der Waals surface area contributed by atoms with Gasteiger partial charge in [-0.1, -0.05) is 53.2 Å². The lowest BCUT2D eigenvalue weighted by Crippen LogP contribution is -2.54. The molecule has 1 aromatic carbocycles. The van der Waals surface area contributed by atoms with Crippen molar-refractivity contribution in [1.29, 1.82) is 0 Å². The van der Waals surface area contributed by atoms with Crippen LogP contribution in [-0.2, 0) is 4.79 Å². The molecule has 4 aliphatic carbocycles. The van der Waals surface area contributed by atoms with Gasteiger partial charge in [0.15, 0.2) is 0 Å². The molecule has 1 aromatic rings. The van der Waals surface area contributed by atoms with Crippen molar-refractivity contribution in [2.75, 3.05) is 6.54 Å². The first-order chi connectivity index (χ1) is 11.5. The summed E-state index contributed by atoms with van der Waals surface area (Å²) in [5.41, 5.74) is 1.57. The molecule has 0 aromatic heterocycles. The zero-order valence-corrected chi connectivity index (χ0v) is 16.1. The molecule has 5 rings (SSSR count). The maximum Gasteiger partial charge on any atom is 0.220 e. The van der Waals surface area contributed by atoms with E-state index in [2.05, 4.69) is 52.4 Å². The third kappa shape index (κ3) is 3.29. The molecule has 0 spiro atoms. The van der Waals surface area contributed by atoms with Crippen molar-refractivity contribution in [3.05, 3.63) is 35.9 Å². The fraction of sp³-hybridized carbons (Fsp3) is 0.667. The van der Waals surface area contributed by atoms with Gasteiger partial charge in [0.25, 0.3) is 0 Å². The molecule has 24 heavy (non-hydrogen) atoms. The smallest absolute Gasteiger partial charge is 0.220 e. The van der Waals surface area contributed by atoms with Gasteiger partial charge in [0, 0.05) is 17.3 Å². The zero-order valence-electron chi connectivity index (χ0n) is 14.6. The Labute approximate surface area is 153 Å². The normalized spacial score (nSPS) is 38.1. The first-order valence-corrected chi connectivity index (χ1v) is 10.3. The Hall–Kier alpha value is -0.830. The third-order valence-corrected chi connectivity index (χ3v) is 7.55. The van der Waals surface area contributed by atoms with E-state index in [1.54, 1.807) is 0 Å². The Kier molecular flexibility index (Phi) is 4.27. The minimum atomic E-state index is 0.260. The van der Waals surface area contributed by atoms with E-state index < -0.39 is 0 Å². The number of rotatable bonds is 5. The van der Waals surface area contributed by atoms with E-state index in [0.717, 1.165) is 24.8 Å². The van der Waals surface area contributed by atoms with Gasteiger partial charge in [-0.3, -0.25) is 4.79 Å². The van der Waals surface area contributed by atoms with Crippen molar-refractivity contribution < 1.29 is 4.79 Å². The first kappa shape index (κ1) is 16.6. The Morgan fingerprint density at radius 3 is 2.50 bits per heavy atom. The van der Waals surface area contributed by atoms with Gasteiger partial charge >= 0.3 is 0 Å². The van der Waals surface area contributed by atoms with E-state index in [1.165, 1.54) is 44.1 Å². The van der Waals surface area contributed by atoms with Crippen molar-refractivity contribution >= 4 is 21.8 Å². The predicted molar refractivity (Wildman–Crippen MR) is 101 cm³/mol. The molecule has 0 saturated heterocycles. The summed E-state index contributed by atoms with van der Waals surface area (Å²) in [5, 5.41) is 3.21. The summed E-state index contributed by atoms with van der Waals surface area (Å²) in [6.07, 6.45) is 8.55. The quantitative estimate of drug-likeness (QED) is 0.702. The Morgan fingerprint density at radius 2 is 1.88 bits per heavy atom. The second-order valence-corrected chi connectivity index (χ2v) is 10.6. The van der Waals surface area contributed by atoms with Gasteiger partial charge in [-0.15, -0.1) is 0 Å². The molecule has 4 bridgehead atoms. The number of carbonyl (C=O) groups is 1. The summed E-state index contributed by atoms with van der Waals surface area (Å²) >= 11 is 4.04. The average molecular weight is 390 g/mol. The van der Waals surface area contributed by atoms with Crippen LogP contribution in [0, 0.1) is 17.3 Å². The summed E-state index contributed by atoms with van der Waals surface area (Å²) in [6.45, 7) is 2.93. The lowest BCUT2D eigenvalue weighted by molar-refractivity contribution is -0.128. The summed E-state index contributed by atoms with van der Waals surface area (Å²) in [5.74, 6) is 2.33. The number of benzene rings is 1. The van der Waals surface area contributed by atoms with Crippen LogP contribution in [-0.4, -0.2) is 16.8 Å². The molecule has 0 aliphatic heterocycles. The van der Waals surface area contributed by atoms with Crippen LogP contribution >= 0.6 is 15.9 Å². The van der Waals surface area contributed by atoms with E-state index in [4.69, 9.17) is 0 Å². The number of hydrogen-bond donors (Lipinski definition) is 1. The molecule has 2 nitrogen and oxygen atoms in total. The van der Waals surface area contributed by atoms with E-state index in [1.807, 2.05) is 6.07 Å². The van der Waals surface area contributed by atoms with Gasteiger partial charge in [-0.2, -0.15) is 0 Å². The average Bonchev–Trinajstić information content (AvgIpc) is 2.50. The third-order valence-electron chi connectivity index (χ3n) is 6.62. The predicted octanol–water partition coefficient (Wildman–Crippen LogP) is 5.03. The summed E-state index contributed by atoms with van der Waals surface area (Å²) in [7, 11) is 0. The molecule has 0 radical (unpaired) electrons. The number of carbonyl (C=O) groups excluding carboxylic acids is 1. The maximum atomic E-state index is 12.6. The van der Waals surface area contributed by atoms with E-state index in [9.17, 15) is 4.79 Å². The summed E-state index contributed by atoms with van der Waals surface area (Å²) in [6, 6.07) is 10.5. The highest BCUT2D eigenvalue weighted by Gasteiger charge is 2.57. The minimum Gasteiger partial charge on any atom is -0.355 e. The van der Waals surface area contributed by atoms with Crippen LogP contribution in [0.2, 0.25) is 0 Å². The standard InChI is InChI=1S/C21H28BrNO/c1-15(18-5-3-2-4-6-18)13-23-19(24)12-20-8-16-7-17(9-20)11-21(22,10-16)14-20/h2-6,15-17H,7-14H2,1H3,(H,23,24)/t15-,16-,17+,20?,21?/m0/s1. The summed E-state index contributed by atoms with van der Waals surface area (Å²) < 4.78 is 0.342. The molecule has 0 heterocycles. The second kappa shape index (κ2) is 6.16. The minimum absolute atomic E-state index is 0.260. The molecule has 1 amide bonds. The van der Waals surface area contributed by atoms with Gasteiger partial charge in [-0.25, -0.2) is 0 Å². The van der Waals surface area contributed by atoms with Gasteiger partial charge in [0.05, 0.1) is 0 Å². The molecule has 130 valence electrons. The molecule has 1 N–H and O–H groups in total. The van der Waals surface area contributed by atoms with Crippen LogP contribution in [0.1, 0.15) is 63.4 Å². The van der Waals surface area contributed by atoms with E-state index >= 15 is 0 Å². The lowest BCUT2D eigenvalue weighted by Gasteiger charge is -2.60. The van der Waals surface area contributed by atoms with Gasteiger partial charge < -0.3 is 5.32 Å². The Bertz CT molecular complexity index is 600. The maximum absolute atomic E-state index is 12.6. The van der Waals surface area contributed by atoms with Gasteiger partial charge in [0.1, 0.15) is 0 Å². The molecule has 4 saturated carbocycles. The SMILES string of the molecule is C[C@@H](CNC(=O)CC12C[C@@H]3C[C@@H](CC(Br)(C3)C1)C2)c1ccccc1. The van der Waals surface area contributed by atoms with Gasteiger partial charge in [-0.05, 0) is 67.3 Å². The van der Waals surface area contributed by atoms with Crippen molar-refractivity contribution in [3.63, 3.8) is 0 Å². The van der Waals surface area contributed by atoms with Crippen LogP contribution in [0.4, 0.5) is 0 Å². The largest absolute Gasteiger partial charge is 0.355 e. The summed E-state index contributed by atoms with van der Waals surface area (Å²) in [4.78, 5) is 12.6. The molecule has 4 aliphatic rings. The Morgan fingerprint density at radius 1 is 1.21 bits per heavy atom. The first-order valence-electron chi connectivity index (χ1n) is 9.46. The fourth-order valence-corrected chi connectivity index (χ4v) is 7.62. The van der Waals surface area contributed by atoms with Gasteiger partial charge in [0.2, 0.25) is 5.91 Å². The van der Waals surface area contributed by atoms with E-state index in [-0.39, 0.29) is 11.3 Å². The second-order valence-electron chi connectivity index (χ2n) is 8.90. The number of halogens is 1. The number of amides is 1. The van der Waals surface area contributed by atoms with Crippen molar-refractivity contribution in [3.8, 4) is 0 Å². The highest BCUT2D eigenvalue weighted by molar-refractivity contribution is 9.10. The monoisotopic (exact) mass is 389 g/mol. The Balaban J connectivity index is 1.35. The molecule has 4 fully saturated rings. The topological polar surface area (TPSA) is 29.1 Å². The van der Waals surface area contributed by atoms with Crippen molar-refractivity contribution in [2.45, 2.75) is 62.1 Å². The van der Waals surface area contributed by atoms with Crippen LogP contribution < -0.4 is 5.32 Å².